The van der Waals surface area contributed by atoms with Crippen molar-refractivity contribution < 1.29 is 14.6 Å². The second-order valence-corrected chi connectivity index (χ2v) is 5.27. The van der Waals surface area contributed by atoms with Crippen LogP contribution in [0.25, 0.3) is 0 Å². The summed E-state index contributed by atoms with van der Waals surface area (Å²) < 4.78 is 10.8. The molecule has 1 rings (SSSR count). The molecule has 4 heteroatoms. The molecule has 0 fully saturated rings. The molecule has 0 saturated carbocycles. The summed E-state index contributed by atoms with van der Waals surface area (Å²) in [5.74, 6) is 1.29. The van der Waals surface area contributed by atoms with Crippen molar-refractivity contribution in [1.82, 2.24) is 5.32 Å². The highest BCUT2D eigenvalue weighted by Gasteiger charge is 2.18. The Hall–Kier alpha value is -0.420. The van der Waals surface area contributed by atoms with Crippen molar-refractivity contribution in [1.29, 1.82) is 0 Å². The molecular weight excluding hydrogens is 242 g/mol. The van der Waals surface area contributed by atoms with Gasteiger partial charge in [-0.3, -0.25) is 0 Å². The van der Waals surface area contributed by atoms with Gasteiger partial charge in [0.05, 0.1) is 25.9 Å². The van der Waals surface area contributed by atoms with E-state index < -0.39 is 6.10 Å². The quantitative estimate of drug-likeness (QED) is 0.468. The molecule has 0 heterocycles. The number of rotatable bonds is 10. The molecule has 0 aromatic heterocycles. The molecule has 3 unspecified atom stereocenters. The van der Waals surface area contributed by atoms with E-state index >= 15 is 0 Å². The highest BCUT2D eigenvalue weighted by atomic mass is 16.5. The summed E-state index contributed by atoms with van der Waals surface area (Å²) in [6, 6.07) is 0. The molecule has 3 atom stereocenters. The molecule has 112 valence electrons. The van der Waals surface area contributed by atoms with E-state index in [2.05, 4.69) is 24.4 Å². The molecule has 2 N–H and O–H groups in total. The topological polar surface area (TPSA) is 50.7 Å². The first kappa shape index (κ1) is 16.6. The summed E-state index contributed by atoms with van der Waals surface area (Å²) in [7, 11) is 0. The molecule has 1 aliphatic carbocycles. The van der Waals surface area contributed by atoms with Gasteiger partial charge in [0.2, 0.25) is 0 Å². The fourth-order valence-corrected chi connectivity index (χ4v) is 2.21. The van der Waals surface area contributed by atoms with E-state index in [-0.39, 0.29) is 0 Å². The Morgan fingerprint density at radius 2 is 2.11 bits per heavy atom. The minimum absolute atomic E-state index is 0.411. The van der Waals surface area contributed by atoms with Gasteiger partial charge >= 0.3 is 0 Å². The predicted molar refractivity (Wildman–Crippen MR) is 77.2 cm³/mol. The fourth-order valence-electron chi connectivity index (χ4n) is 2.21. The highest BCUT2D eigenvalue weighted by Crippen LogP contribution is 2.24. The van der Waals surface area contributed by atoms with Crippen molar-refractivity contribution in [3.8, 4) is 0 Å². The van der Waals surface area contributed by atoms with Crippen molar-refractivity contribution in [2.45, 2.75) is 32.8 Å². The second kappa shape index (κ2) is 10.4. The summed E-state index contributed by atoms with van der Waals surface area (Å²) >= 11 is 0. The largest absolute Gasteiger partial charge is 0.389 e. The first-order valence-electron chi connectivity index (χ1n) is 7.43. The van der Waals surface area contributed by atoms with Gasteiger partial charge in [-0.25, -0.2) is 0 Å². The van der Waals surface area contributed by atoms with Crippen LogP contribution in [0.5, 0.6) is 0 Å². The molecule has 0 aliphatic heterocycles. The van der Waals surface area contributed by atoms with E-state index in [1.807, 2.05) is 6.92 Å². The molecule has 4 nitrogen and oxygen atoms in total. The van der Waals surface area contributed by atoms with Crippen LogP contribution in [0.4, 0.5) is 0 Å². The lowest BCUT2D eigenvalue weighted by Crippen LogP contribution is -2.33. The Morgan fingerprint density at radius 3 is 2.84 bits per heavy atom. The van der Waals surface area contributed by atoms with Gasteiger partial charge < -0.3 is 19.9 Å². The van der Waals surface area contributed by atoms with E-state index in [4.69, 9.17) is 9.47 Å². The van der Waals surface area contributed by atoms with Crippen molar-refractivity contribution in [2.24, 2.45) is 11.8 Å². The lowest BCUT2D eigenvalue weighted by atomic mass is 9.85. The average Bonchev–Trinajstić information content (AvgIpc) is 2.41. The zero-order valence-corrected chi connectivity index (χ0v) is 12.3. The van der Waals surface area contributed by atoms with Gasteiger partial charge in [-0.2, -0.15) is 0 Å². The van der Waals surface area contributed by atoms with Crippen molar-refractivity contribution in [3.05, 3.63) is 12.2 Å². The van der Waals surface area contributed by atoms with Gasteiger partial charge in [0.15, 0.2) is 0 Å². The molecule has 0 aromatic carbocycles. The first-order valence-corrected chi connectivity index (χ1v) is 7.43. The molecule has 0 spiro atoms. The molecule has 0 aromatic rings. The normalized spacial score (nSPS) is 24.6. The van der Waals surface area contributed by atoms with Crippen LogP contribution in [0.2, 0.25) is 0 Å². The Kier molecular flexibility index (Phi) is 9.08. The first-order chi connectivity index (χ1) is 9.24. The van der Waals surface area contributed by atoms with Gasteiger partial charge in [0.1, 0.15) is 0 Å². The summed E-state index contributed by atoms with van der Waals surface area (Å²) in [6.45, 7) is 8.17. The van der Waals surface area contributed by atoms with Crippen LogP contribution in [-0.2, 0) is 9.47 Å². The summed E-state index contributed by atoms with van der Waals surface area (Å²) in [6.07, 6.45) is 6.30. The van der Waals surface area contributed by atoms with E-state index in [1.54, 1.807) is 0 Å². The monoisotopic (exact) mass is 271 g/mol. The number of aliphatic hydroxyl groups is 1. The van der Waals surface area contributed by atoms with Gasteiger partial charge in [-0.05, 0) is 31.6 Å². The fraction of sp³-hybridized carbons (Fsp3) is 0.867. The van der Waals surface area contributed by atoms with Crippen molar-refractivity contribution in [3.63, 3.8) is 0 Å². The van der Waals surface area contributed by atoms with Crippen LogP contribution < -0.4 is 5.32 Å². The molecule has 0 amide bonds. The van der Waals surface area contributed by atoms with E-state index in [9.17, 15) is 5.11 Å². The Morgan fingerprint density at radius 1 is 1.32 bits per heavy atom. The third-order valence-electron chi connectivity index (χ3n) is 3.57. The predicted octanol–water partition coefficient (Wildman–Crippen LogP) is 1.59. The van der Waals surface area contributed by atoms with Gasteiger partial charge in [-0.15, -0.1) is 0 Å². The van der Waals surface area contributed by atoms with E-state index in [0.29, 0.717) is 31.6 Å². The Labute approximate surface area is 117 Å². The Bertz CT molecular complexity index is 246. The number of allylic oxidation sites excluding steroid dienone is 2. The van der Waals surface area contributed by atoms with Gasteiger partial charge in [0.25, 0.3) is 0 Å². The van der Waals surface area contributed by atoms with Crippen molar-refractivity contribution >= 4 is 0 Å². The van der Waals surface area contributed by atoms with Crippen LogP contribution in [0, 0.1) is 11.8 Å². The maximum Gasteiger partial charge on any atom is 0.0897 e. The smallest absolute Gasteiger partial charge is 0.0897 e. The molecule has 0 radical (unpaired) electrons. The van der Waals surface area contributed by atoms with Crippen LogP contribution in [-0.4, -0.2) is 50.7 Å². The lowest BCUT2D eigenvalue weighted by Gasteiger charge is -2.25. The number of nitrogens with one attached hydrogen (secondary N) is 1. The summed E-state index contributed by atoms with van der Waals surface area (Å²) in [5, 5.41) is 12.9. The Balaban J connectivity index is 1.97. The number of hydrogen-bond donors (Lipinski definition) is 2. The standard InChI is InChI=1S/C15H29NO3/c1-3-18-9-8-16-10-15(17)12-19-11-14-7-5-4-6-13(14)2/h4-5,13-17H,3,6-12H2,1-2H3. The van der Waals surface area contributed by atoms with Gasteiger partial charge in [0, 0.05) is 19.7 Å². The summed E-state index contributed by atoms with van der Waals surface area (Å²) in [5.41, 5.74) is 0. The molecule has 19 heavy (non-hydrogen) atoms. The minimum Gasteiger partial charge on any atom is -0.389 e. The summed E-state index contributed by atoms with van der Waals surface area (Å²) in [4.78, 5) is 0. The molecule has 0 bridgehead atoms. The third kappa shape index (κ3) is 7.67. The molecular formula is C15H29NO3. The van der Waals surface area contributed by atoms with Crippen LogP contribution in [0.1, 0.15) is 26.7 Å². The van der Waals surface area contributed by atoms with Crippen molar-refractivity contribution in [2.75, 3.05) is 39.5 Å². The van der Waals surface area contributed by atoms with E-state index in [0.717, 1.165) is 32.6 Å². The highest BCUT2D eigenvalue weighted by molar-refractivity contribution is 4.93. The van der Waals surface area contributed by atoms with E-state index in [1.165, 1.54) is 0 Å². The average molecular weight is 271 g/mol. The molecule has 1 aliphatic rings. The number of aliphatic hydroxyl groups excluding tert-OH is 1. The maximum absolute atomic E-state index is 9.76. The number of ether oxygens (including phenoxy) is 2. The number of hydrogen-bond acceptors (Lipinski definition) is 4. The SMILES string of the molecule is CCOCCNCC(O)COCC1CC=CCC1C. The van der Waals surface area contributed by atoms with Crippen LogP contribution >= 0.6 is 0 Å². The second-order valence-electron chi connectivity index (χ2n) is 5.27. The maximum atomic E-state index is 9.76. The lowest BCUT2D eigenvalue weighted by molar-refractivity contribution is 0.0122. The van der Waals surface area contributed by atoms with Crippen LogP contribution in [0.3, 0.4) is 0 Å². The molecule has 0 saturated heterocycles. The van der Waals surface area contributed by atoms with Crippen LogP contribution in [0.15, 0.2) is 12.2 Å². The zero-order valence-electron chi connectivity index (χ0n) is 12.3. The van der Waals surface area contributed by atoms with Gasteiger partial charge in [-0.1, -0.05) is 19.1 Å². The zero-order chi connectivity index (χ0) is 13.9. The third-order valence-corrected chi connectivity index (χ3v) is 3.57. The minimum atomic E-state index is -0.434.